The molecule has 0 spiro atoms. The van der Waals surface area contributed by atoms with E-state index in [0.717, 1.165) is 35.1 Å². The van der Waals surface area contributed by atoms with Crippen molar-refractivity contribution in [2.75, 3.05) is 24.4 Å². The molecule has 1 aromatic carbocycles. The fourth-order valence-electron chi connectivity index (χ4n) is 3.69. The molecule has 0 unspecified atom stereocenters. The molecule has 0 saturated carbocycles. The summed E-state index contributed by atoms with van der Waals surface area (Å²) < 4.78 is 7.09. The number of nitrogens with zero attached hydrogens (tertiary/aromatic N) is 5. The van der Waals surface area contributed by atoms with E-state index in [1.54, 1.807) is 7.11 Å². The number of carbonyl (C=O) groups excluding carboxylic acids is 1. The number of aryl methyl sites for hydroxylation is 2. The SMILES string of the molecule is CCn1cc2cc(Nc3nc(N[C@H](CC(C)C)[C@@H](N)COC)nnc3C(N)=O)cc(C)c2n1. The first kappa shape index (κ1) is 24.3. The monoisotopic (exact) mass is 455 g/mol. The highest BCUT2D eigenvalue weighted by Crippen LogP contribution is 2.26. The lowest BCUT2D eigenvalue weighted by molar-refractivity contribution is 0.0995. The predicted molar refractivity (Wildman–Crippen MR) is 128 cm³/mol. The summed E-state index contributed by atoms with van der Waals surface area (Å²) in [4.78, 5) is 16.5. The standard InChI is InChI=1S/C22H33N9O2/c1-6-31-10-14-9-15(8-13(4)18(14)30-31)25-21-19(20(24)32)28-29-22(27-21)26-17(7-12(2)3)16(23)11-33-5/h8-10,12,16-17H,6-7,11,23H2,1-5H3,(H2,24,32)(H2,25,26,27,29)/t16-,17+/m0/s1. The minimum absolute atomic E-state index is 0.0517. The van der Waals surface area contributed by atoms with Crippen molar-refractivity contribution >= 4 is 34.3 Å². The van der Waals surface area contributed by atoms with E-state index in [1.807, 2.05) is 36.9 Å². The van der Waals surface area contributed by atoms with Crippen molar-refractivity contribution in [3.8, 4) is 0 Å². The van der Waals surface area contributed by atoms with Gasteiger partial charge in [0.1, 0.15) is 0 Å². The molecular formula is C22H33N9O2. The Balaban J connectivity index is 1.93. The van der Waals surface area contributed by atoms with Gasteiger partial charge in [0.05, 0.1) is 12.1 Å². The number of methoxy groups -OCH3 is 1. The lowest BCUT2D eigenvalue weighted by Crippen LogP contribution is -2.44. The summed E-state index contributed by atoms with van der Waals surface area (Å²) in [5.74, 6) is 0.122. The van der Waals surface area contributed by atoms with Gasteiger partial charge in [0.15, 0.2) is 11.5 Å². The number of aromatic nitrogens is 5. The fourth-order valence-corrected chi connectivity index (χ4v) is 3.69. The number of benzene rings is 1. The molecule has 2 atom stereocenters. The van der Waals surface area contributed by atoms with Crippen LogP contribution in [0.3, 0.4) is 0 Å². The Labute approximate surface area is 193 Å². The van der Waals surface area contributed by atoms with E-state index in [9.17, 15) is 4.79 Å². The van der Waals surface area contributed by atoms with Crippen molar-refractivity contribution in [1.82, 2.24) is 25.0 Å². The van der Waals surface area contributed by atoms with Gasteiger partial charge in [0.25, 0.3) is 5.91 Å². The zero-order valence-electron chi connectivity index (χ0n) is 19.8. The van der Waals surface area contributed by atoms with Crippen LogP contribution in [-0.4, -0.2) is 56.7 Å². The van der Waals surface area contributed by atoms with Gasteiger partial charge in [-0.3, -0.25) is 9.48 Å². The Morgan fingerprint density at radius 3 is 2.67 bits per heavy atom. The van der Waals surface area contributed by atoms with E-state index >= 15 is 0 Å². The second-order valence-corrected chi connectivity index (χ2v) is 8.54. The maximum Gasteiger partial charge on any atom is 0.273 e. The van der Waals surface area contributed by atoms with E-state index in [1.165, 1.54) is 0 Å². The zero-order valence-corrected chi connectivity index (χ0v) is 19.8. The molecule has 0 saturated heterocycles. The zero-order chi connectivity index (χ0) is 24.1. The van der Waals surface area contributed by atoms with Crippen LogP contribution < -0.4 is 22.1 Å². The molecule has 0 radical (unpaired) electrons. The highest BCUT2D eigenvalue weighted by Gasteiger charge is 2.22. The van der Waals surface area contributed by atoms with Crippen molar-refractivity contribution in [3.63, 3.8) is 0 Å². The largest absolute Gasteiger partial charge is 0.383 e. The second-order valence-electron chi connectivity index (χ2n) is 8.54. The number of carbonyl (C=O) groups is 1. The summed E-state index contributed by atoms with van der Waals surface area (Å²) in [5, 5.41) is 20.0. The first-order valence-electron chi connectivity index (χ1n) is 11.0. The number of rotatable bonds is 11. The third-order valence-corrected chi connectivity index (χ3v) is 5.27. The normalized spacial score (nSPS) is 13.3. The molecule has 0 aliphatic carbocycles. The van der Waals surface area contributed by atoms with Gasteiger partial charge in [-0.2, -0.15) is 10.1 Å². The molecule has 11 heteroatoms. The number of anilines is 3. The van der Waals surface area contributed by atoms with E-state index in [0.29, 0.717) is 12.5 Å². The molecule has 33 heavy (non-hydrogen) atoms. The molecule has 11 nitrogen and oxygen atoms in total. The minimum Gasteiger partial charge on any atom is -0.383 e. The van der Waals surface area contributed by atoms with Crippen LogP contribution in [0.1, 0.15) is 43.2 Å². The lowest BCUT2D eigenvalue weighted by Gasteiger charge is -2.26. The molecule has 1 amide bonds. The van der Waals surface area contributed by atoms with Crippen LogP contribution in [-0.2, 0) is 11.3 Å². The Morgan fingerprint density at radius 2 is 2.03 bits per heavy atom. The molecule has 0 aliphatic rings. The van der Waals surface area contributed by atoms with Crippen LogP contribution in [0.15, 0.2) is 18.3 Å². The van der Waals surface area contributed by atoms with Gasteiger partial charge >= 0.3 is 0 Å². The summed E-state index contributed by atoms with van der Waals surface area (Å²) >= 11 is 0. The Kier molecular flexibility index (Phi) is 7.77. The Bertz CT molecular complexity index is 1110. The Hall–Kier alpha value is -3.31. The van der Waals surface area contributed by atoms with Gasteiger partial charge in [-0.15, -0.1) is 10.2 Å². The number of amides is 1. The van der Waals surface area contributed by atoms with E-state index < -0.39 is 5.91 Å². The van der Waals surface area contributed by atoms with Crippen LogP contribution in [0.4, 0.5) is 17.5 Å². The second kappa shape index (κ2) is 10.5. The highest BCUT2D eigenvalue weighted by molar-refractivity contribution is 5.96. The average Bonchev–Trinajstić information content (AvgIpc) is 3.17. The lowest BCUT2D eigenvalue weighted by atomic mass is 9.98. The topological polar surface area (TPSA) is 159 Å². The van der Waals surface area contributed by atoms with Gasteiger partial charge < -0.3 is 26.8 Å². The molecular weight excluding hydrogens is 422 g/mol. The Morgan fingerprint density at radius 1 is 1.27 bits per heavy atom. The van der Waals surface area contributed by atoms with Crippen molar-refractivity contribution in [2.24, 2.45) is 17.4 Å². The number of nitrogens with one attached hydrogen (secondary N) is 2. The molecule has 2 aromatic heterocycles. The van der Waals surface area contributed by atoms with Crippen LogP contribution in [0.25, 0.3) is 10.9 Å². The van der Waals surface area contributed by atoms with Crippen LogP contribution in [0.5, 0.6) is 0 Å². The molecule has 6 N–H and O–H groups in total. The number of ether oxygens (including phenoxy) is 1. The van der Waals surface area contributed by atoms with Gasteiger partial charge in [0, 0.05) is 43.0 Å². The number of hydrogen-bond donors (Lipinski definition) is 4. The maximum absolute atomic E-state index is 12.0. The highest BCUT2D eigenvalue weighted by atomic mass is 16.5. The first-order valence-corrected chi connectivity index (χ1v) is 11.0. The van der Waals surface area contributed by atoms with Crippen molar-refractivity contribution in [2.45, 2.75) is 52.7 Å². The summed E-state index contributed by atoms with van der Waals surface area (Å²) in [6, 6.07) is 3.47. The number of fused-ring (bicyclic) bond motifs is 1. The molecule has 3 aromatic rings. The van der Waals surface area contributed by atoms with E-state index in [2.05, 4.69) is 44.8 Å². The van der Waals surface area contributed by atoms with Crippen LogP contribution >= 0.6 is 0 Å². The minimum atomic E-state index is -0.726. The summed E-state index contributed by atoms with van der Waals surface area (Å²) in [5.41, 5.74) is 14.4. The van der Waals surface area contributed by atoms with E-state index in [-0.39, 0.29) is 29.5 Å². The predicted octanol–water partition coefficient (Wildman–Crippen LogP) is 2.19. The number of hydrogen-bond acceptors (Lipinski definition) is 9. The molecule has 0 fully saturated rings. The smallest absolute Gasteiger partial charge is 0.273 e. The molecule has 0 bridgehead atoms. The van der Waals surface area contributed by atoms with Gasteiger partial charge in [-0.25, -0.2) is 0 Å². The van der Waals surface area contributed by atoms with Crippen LogP contribution in [0, 0.1) is 12.8 Å². The molecule has 2 heterocycles. The average molecular weight is 456 g/mol. The first-order chi connectivity index (χ1) is 15.7. The van der Waals surface area contributed by atoms with Crippen molar-refractivity contribution < 1.29 is 9.53 Å². The van der Waals surface area contributed by atoms with Gasteiger partial charge in [-0.1, -0.05) is 13.8 Å². The summed E-state index contributed by atoms with van der Waals surface area (Å²) in [6.45, 7) is 9.38. The molecule has 0 aliphatic heterocycles. The number of primary amides is 1. The third-order valence-electron chi connectivity index (χ3n) is 5.27. The van der Waals surface area contributed by atoms with Crippen molar-refractivity contribution in [1.29, 1.82) is 0 Å². The summed E-state index contributed by atoms with van der Waals surface area (Å²) in [6.07, 6.45) is 2.76. The van der Waals surface area contributed by atoms with Gasteiger partial charge in [-0.05, 0) is 43.9 Å². The molecule has 178 valence electrons. The van der Waals surface area contributed by atoms with Gasteiger partial charge in [0.2, 0.25) is 5.95 Å². The van der Waals surface area contributed by atoms with Crippen LogP contribution in [0.2, 0.25) is 0 Å². The van der Waals surface area contributed by atoms with E-state index in [4.69, 9.17) is 16.2 Å². The number of nitrogens with two attached hydrogens (primary N) is 2. The van der Waals surface area contributed by atoms with Crippen molar-refractivity contribution in [3.05, 3.63) is 29.6 Å². The maximum atomic E-state index is 12.0. The fraction of sp³-hybridized carbons (Fsp3) is 0.500. The quantitative estimate of drug-likeness (QED) is 0.340. The summed E-state index contributed by atoms with van der Waals surface area (Å²) in [7, 11) is 1.61. The molecule has 3 rings (SSSR count). The third kappa shape index (κ3) is 5.93.